The summed E-state index contributed by atoms with van der Waals surface area (Å²) in [5, 5.41) is 10.1. The molecular formula is C24H30N4O2. The number of anilines is 2. The summed E-state index contributed by atoms with van der Waals surface area (Å²) in [6.07, 6.45) is 1.15. The molecule has 3 aliphatic rings. The number of aromatic hydroxyl groups is 1. The Morgan fingerprint density at radius 1 is 0.933 bits per heavy atom. The van der Waals surface area contributed by atoms with Crippen molar-refractivity contribution in [2.75, 3.05) is 49.1 Å². The zero-order chi connectivity index (χ0) is 20.7. The van der Waals surface area contributed by atoms with Gasteiger partial charge in [-0.25, -0.2) is 0 Å². The molecule has 5 rings (SSSR count). The van der Waals surface area contributed by atoms with E-state index in [0.29, 0.717) is 30.9 Å². The number of nitrogens with zero attached hydrogens (tertiary/aromatic N) is 4. The summed E-state index contributed by atoms with van der Waals surface area (Å²) in [5.41, 5.74) is 2.15. The average Bonchev–Trinajstić information content (AvgIpc) is 3.40. The summed E-state index contributed by atoms with van der Waals surface area (Å²) in [4.78, 5) is 22.3. The highest BCUT2D eigenvalue weighted by molar-refractivity contribution is 5.82. The molecule has 0 saturated carbocycles. The van der Waals surface area contributed by atoms with E-state index in [1.54, 1.807) is 6.07 Å². The van der Waals surface area contributed by atoms with Crippen LogP contribution < -0.4 is 9.80 Å². The van der Waals surface area contributed by atoms with Gasteiger partial charge >= 0.3 is 0 Å². The minimum Gasteiger partial charge on any atom is -0.506 e. The van der Waals surface area contributed by atoms with Crippen molar-refractivity contribution < 1.29 is 9.90 Å². The Hall–Kier alpha value is -2.73. The van der Waals surface area contributed by atoms with Crippen LogP contribution in [-0.4, -0.2) is 78.2 Å². The molecule has 0 radical (unpaired) electrons. The second-order valence-corrected chi connectivity index (χ2v) is 8.71. The molecular weight excluding hydrogens is 376 g/mol. The molecule has 6 heteroatoms. The number of rotatable bonds is 4. The molecule has 0 aliphatic carbocycles. The van der Waals surface area contributed by atoms with Crippen molar-refractivity contribution in [2.45, 2.75) is 31.5 Å². The summed E-state index contributed by atoms with van der Waals surface area (Å²) in [6, 6.07) is 18.9. The molecule has 158 valence electrons. The lowest BCUT2D eigenvalue weighted by atomic mass is 10.1. The van der Waals surface area contributed by atoms with Gasteiger partial charge in [0.2, 0.25) is 5.91 Å². The Labute approximate surface area is 178 Å². The third-order valence-corrected chi connectivity index (χ3v) is 7.04. The summed E-state index contributed by atoms with van der Waals surface area (Å²) < 4.78 is 0. The second-order valence-electron chi connectivity index (χ2n) is 8.71. The Balaban J connectivity index is 1.18. The second kappa shape index (κ2) is 7.84. The van der Waals surface area contributed by atoms with Crippen molar-refractivity contribution in [2.24, 2.45) is 0 Å². The Morgan fingerprint density at radius 2 is 1.63 bits per heavy atom. The number of para-hydroxylation sites is 3. The number of carbonyl (C=O) groups is 1. The van der Waals surface area contributed by atoms with Crippen LogP contribution >= 0.6 is 0 Å². The van der Waals surface area contributed by atoms with E-state index in [0.717, 1.165) is 38.3 Å². The van der Waals surface area contributed by atoms with Gasteiger partial charge in [-0.15, -0.1) is 0 Å². The Morgan fingerprint density at radius 3 is 2.30 bits per heavy atom. The van der Waals surface area contributed by atoms with Crippen LogP contribution in [0.3, 0.4) is 0 Å². The van der Waals surface area contributed by atoms with E-state index in [9.17, 15) is 9.90 Å². The average molecular weight is 407 g/mol. The fraction of sp³-hybridized carbons (Fsp3) is 0.458. The highest BCUT2D eigenvalue weighted by Gasteiger charge is 2.46. The van der Waals surface area contributed by atoms with Crippen molar-refractivity contribution in [3.8, 4) is 5.75 Å². The van der Waals surface area contributed by atoms with Gasteiger partial charge in [-0.1, -0.05) is 30.3 Å². The van der Waals surface area contributed by atoms with Crippen LogP contribution in [0, 0.1) is 0 Å². The topological polar surface area (TPSA) is 50.3 Å². The number of benzene rings is 2. The van der Waals surface area contributed by atoms with Gasteiger partial charge in [0, 0.05) is 57.0 Å². The number of likely N-dealkylation sites (tertiary alicyclic amines) is 1. The predicted molar refractivity (Wildman–Crippen MR) is 119 cm³/mol. The van der Waals surface area contributed by atoms with Crippen molar-refractivity contribution in [3.05, 3.63) is 54.6 Å². The van der Waals surface area contributed by atoms with Crippen LogP contribution in [0.5, 0.6) is 5.75 Å². The molecule has 6 nitrogen and oxygen atoms in total. The number of hydrogen-bond donors (Lipinski definition) is 1. The first-order chi connectivity index (χ1) is 14.6. The molecule has 3 atom stereocenters. The van der Waals surface area contributed by atoms with E-state index in [1.807, 2.05) is 23.1 Å². The lowest BCUT2D eigenvalue weighted by Crippen LogP contribution is -2.57. The van der Waals surface area contributed by atoms with E-state index in [2.05, 4.69) is 52.0 Å². The third kappa shape index (κ3) is 3.39. The zero-order valence-electron chi connectivity index (χ0n) is 17.5. The maximum Gasteiger partial charge on any atom is 0.239 e. The van der Waals surface area contributed by atoms with Gasteiger partial charge < -0.3 is 19.8 Å². The molecule has 3 aliphatic heterocycles. The van der Waals surface area contributed by atoms with Gasteiger partial charge in [-0.2, -0.15) is 0 Å². The minimum atomic E-state index is -0.0744. The number of fused-ring (bicyclic) bond motifs is 2. The fourth-order valence-corrected chi connectivity index (χ4v) is 5.41. The van der Waals surface area contributed by atoms with Crippen molar-refractivity contribution in [3.63, 3.8) is 0 Å². The first-order valence-electron chi connectivity index (χ1n) is 11.0. The number of amides is 1. The molecule has 2 bridgehead atoms. The Bertz CT molecular complexity index is 897. The van der Waals surface area contributed by atoms with E-state index < -0.39 is 0 Å². The fourth-order valence-electron chi connectivity index (χ4n) is 5.41. The lowest BCUT2D eigenvalue weighted by molar-refractivity contribution is -0.137. The molecule has 1 N–H and O–H groups in total. The molecule has 3 fully saturated rings. The van der Waals surface area contributed by atoms with Crippen LogP contribution in [0.25, 0.3) is 0 Å². The molecule has 30 heavy (non-hydrogen) atoms. The van der Waals surface area contributed by atoms with Gasteiger partial charge in [0.15, 0.2) is 0 Å². The van der Waals surface area contributed by atoms with E-state index in [1.165, 1.54) is 5.69 Å². The maximum atomic E-state index is 13.2. The van der Waals surface area contributed by atoms with E-state index in [4.69, 9.17) is 0 Å². The number of hydrogen-bond acceptors (Lipinski definition) is 5. The van der Waals surface area contributed by atoms with E-state index >= 15 is 0 Å². The first kappa shape index (κ1) is 19.2. The molecule has 1 amide bonds. The third-order valence-electron chi connectivity index (χ3n) is 7.04. The molecule has 2 aromatic carbocycles. The molecule has 3 heterocycles. The minimum absolute atomic E-state index is 0.0744. The number of phenolic OH excluding ortho intramolecular Hbond substituents is 1. The van der Waals surface area contributed by atoms with Crippen molar-refractivity contribution >= 4 is 17.3 Å². The van der Waals surface area contributed by atoms with Crippen LogP contribution in [0.2, 0.25) is 0 Å². The SMILES string of the molecule is CC(C(=O)N1CCN(c2ccccc2O)CC1)N1C[C@@H]2C[C@H]1CN2c1ccccc1. The quantitative estimate of drug-likeness (QED) is 0.845. The monoisotopic (exact) mass is 406 g/mol. The van der Waals surface area contributed by atoms with Crippen LogP contribution in [0.4, 0.5) is 11.4 Å². The zero-order valence-corrected chi connectivity index (χ0v) is 17.5. The molecule has 1 unspecified atom stereocenters. The van der Waals surface area contributed by atoms with E-state index in [-0.39, 0.29) is 11.9 Å². The first-order valence-corrected chi connectivity index (χ1v) is 11.0. The maximum absolute atomic E-state index is 13.2. The number of piperazine rings is 2. The molecule has 0 aromatic heterocycles. The molecule has 2 aromatic rings. The summed E-state index contributed by atoms with van der Waals surface area (Å²) in [5.74, 6) is 0.549. The predicted octanol–water partition coefficient (Wildman–Crippen LogP) is 2.39. The van der Waals surface area contributed by atoms with Gasteiger partial charge in [0.25, 0.3) is 0 Å². The van der Waals surface area contributed by atoms with Gasteiger partial charge in [-0.05, 0) is 37.6 Å². The van der Waals surface area contributed by atoms with Crippen molar-refractivity contribution in [1.82, 2.24) is 9.80 Å². The smallest absolute Gasteiger partial charge is 0.239 e. The highest BCUT2D eigenvalue weighted by atomic mass is 16.3. The molecule has 0 spiro atoms. The summed E-state index contributed by atoms with van der Waals surface area (Å²) in [6.45, 7) is 6.96. The number of phenols is 1. The summed E-state index contributed by atoms with van der Waals surface area (Å²) >= 11 is 0. The number of carbonyl (C=O) groups excluding carboxylic acids is 1. The lowest BCUT2D eigenvalue weighted by Gasteiger charge is -2.41. The van der Waals surface area contributed by atoms with Crippen LogP contribution in [0.15, 0.2) is 54.6 Å². The van der Waals surface area contributed by atoms with Gasteiger partial charge in [0.05, 0.1) is 11.7 Å². The van der Waals surface area contributed by atoms with Crippen LogP contribution in [-0.2, 0) is 4.79 Å². The normalized spacial score (nSPS) is 25.0. The summed E-state index contributed by atoms with van der Waals surface area (Å²) in [7, 11) is 0. The Kier molecular flexibility index (Phi) is 5.03. The van der Waals surface area contributed by atoms with Gasteiger partial charge in [-0.3, -0.25) is 9.69 Å². The van der Waals surface area contributed by atoms with Gasteiger partial charge in [0.1, 0.15) is 5.75 Å². The standard InChI is InChI=1S/C24H30N4O2/c1-18(27-16-21-15-20(27)17-28(21)19-7-3-2-4-8-19)24(30)26-13-11-25(12-14-26)22-9-5-6-10-23(22)29/h2-10,18,20-21,29H,11-17H2,1H3/t18?,20-,21-/m0/s1. The highest BCUT2D eigenvalue weighted by Crippen LogP contribution is 2.36. The van der Waals surface area contributed by atoms with Crippen molar-refractivity contribution in [1.29, 1.82) is 0 Å². The molecule has 3 saturated heterocycles. The van der Waals surface area contributed by atoms with Crippen LogP contribution in [0.1, 0.15) is 13.3 Å². The largest absolute Gasteiger partial charge is 0.506 e.